The minimum absolute atomic E-state index is 0.0227. The van der Waals surface area contributed by atoms with Gasteiger partial charge in [0, 0.05) is 49.2 Å². The highest BCUT2D eigenvalue weighted by Crippen LogP contribution is 2.35. The SMILES string of the molecule is C[C@@H]1CCC(=O)N(C[C@H](CC(=O)N2CCc3c(nc(C4=CC=C4)nc3C(F)(F)F)C2)N(C(=O)O)C(C)(C)C)C1. The Bertz CT molecular complexity index is 1220. The molecule has 0 spiro atoms. The van der Waals surface area contributed by atoms with Gasteiger partial charge in [-0.2, -0.15) is 13.2 Å². The maximum absolute atomic E-state index is 13.8. The first-order chi connectivity index (χ1) is 18.1. The fourth-order valence-corrected chi connectivity index (χ4v) is 5.44. The van der Waals surface area contributed by atoms with Crippen LogP contribution in [0.4, 0.5) is 18.0 Å². The first-order valence-electron chi connectivity index (χ1n) is 13.1. The van der Waals surface area contributed by atoms with Crippen LogP contribution in [0.2, 0.25) is 0 Å². The van der Waals surface area contributed by atoms with E-state index in [1.54, 1.807) is 43.9 Å². The highest BCUT2D eigenvalue weighted by atomic mass is 19.4. The van der Waals surface area contributed by atoms with Gasteiger partial charge in [-0.1, -0.05) is 25.2 Å². The molecule has 212 valence electrons. The van der Waals surface area contributed by atoms with Crippen LogP contribution in [0.5, 0.6) is 0 Å². The summed E-state index contributed by atoms with van der Waals surface area (Å²) in [4.78, 5) is 50.9. The van der Waals surface area contributed by atoms with E-state index in [9.17, 15) is 32.7 Å². The molecule has 1 aliphatic carbocycles. The number of rotatable bonds is 6. The van der Waals surface area contributed by atoms with Gasteiger partial charge in [0.2, 0.25) is 11.8 Å². The Morgan fingerprint density at radius 1 is 1.21 bits per heavy atom. The predicted octanol–water partition coefficient (Wildman–Crippen LogP) is 4.13. The number of nitrogens with zero attached hydrogens (tertiary/aromatic N) is 5. The number of hydrogen-bond donors (Lipinski definition) is 1. The van der Waals surface area contributed by atoms with Gasteiger partial charge < -0.3 is 14.9 Å². The van der Waals surface area contributed by atoms with Gasteiger partial charge in [0.1, 0.15) is 0 Å². The monoisotopic (exact) mass is 549 g/mol. The number of likely N-dealkylation sites (tertiary alicyclic amines) is 1. The number of amides is 3. The summed E-state index contributed by atoms with van der Waals surface area (Å²) >= 11 is 0. The lowest BCUT2D eigenvalue weighted by atomic mass is 9.96. The van der Waals surface area contributed by atoms with Crippen molar-refractivity contribution in [2.45, 2.75) is 77.7 Å². The number of carbonyl (C=O) groups excluding carboxylic acids is 2. The Labute approximate surface area is 225 Å². The molecule has 39 heavy (non-hydrogen) atoms. The first kappa shape index (κ1) is 28.6. The normalized spacial score (nSPS) is 20.2. The molecule has 1 N–H and O–H groups in total. The highest BCUT2D eigenvalue weighted by Gasteiger charge is 2.41. The number of carboxylic acid groups (broad SMARTS) is 1. The lowest BCUT2D eigenvalue weighted by Crippen LogP contribution is -2.57. The van der Waals surface area contributed by atoms with Gasteiger partial charge >= 0.3 is 12.3 Å². The second-order valence-electron chi connectivity index (χ2n) is 11.5. The molecule has 1 aromatic heterocycles. The number of aromatic nitrogens is 2. The van der Waals surface area contributed by atoms with Crippen LogP contribution < -0.4 is 0 Å². The topological polar surface area (TPSA) is 107 Å². The van der Waals surface area contributed by atoms with E-state index >= 15 is 0 Å². The summed E-state index contributed by atoms with van der Waals surface area (Å²) < 4.78 is 41.5. The Balaban J connectivity index is 1.59. The van der Waals surface area contributed by atoms with Gasteiger partial charge in [-0.25, -0.2) is 14.8 Å². The molecule has 12 heteroatoms. The summed E-state index contributed by atoms with van der Waals surface area (Å²) in [7, 11) is 0. The van der Waals surface area contributed by atoms with Crippen molar-refractivity contribution in [2.24, 2.45) is 5.92 Å². The molecule has 2 atom stereocenters. The van der Waals surface area contributed by atoms with Crippen molar-refractivity contribution in [3.8, 4) is 0 Å². The standard InChI is InChI=1S/C27H34F3N5O4/c1-16-8-9-21(36)34(13-16)14-18(35(25(38)39)26(2,3)4)12-22(37)33-11-10-19-20(15-33)31-24(17-6-5-7-17)32-23(19)27(28,29)30/h5-7,16,18H,8-15H2,1-4H3,(H,38,39)/t16-,18+/m1/s1. The van der Waals surface area contributed by atoms with Gasteiger partial charge in [-0.3, -0.25) is 14.5 Å². The molecule has 0 aromatic carbocycles. The Morgan fingerprint density at radius 2 is 1.90 bits per heavy atom. The van der Waals surface area contributed by atoms with Crippen LogP contribution in [0.1, 0.15) is 69.7 Å². The van der Waals surface area contributed by atoms with Gasteiger partial charge in [0.15, 0.2) is 11.5 Å². The van der Waals surface area contributed by atoms with Crippen LogP contribution in [0, 0.1) is 5.92 Å². The van der Waals surface area contributed by atoms with E-state index in [0.29, 0.717) is 18.5 Å². The maximum Gasteiger partial charge on any atom is 0.433 e. The van der Waals surface area contributed by atoms with Crippen molar-refractivity contribution in [3.05, 3.63) is 41.0 Å². The zero-order valence-electron chi connectivity index (χ0n) is 22.6. The Hall–Kier alpha value is -3.44. The summed E-state index contributed by atoms with van der Waals surface area (Å²) in [5.41, 5.74) is -1.25. The van der Waals surface area contributed by atoms with Gasteiger partial charge in [-0.15, -0.1) is 0 Å². The van der Waals surface area contributed by atoms with Crippen molar-refractivity contribution in [1.82, 2.24) is 24.7 Å². The molecule has 0 saturated carbocycles. The lowest BCUT2D eigenvalue weighted by Gasteiger charge is -2.43. The largest absolute Gasteiger partial charge is 0.465 e. The maximum atomic E-state index is 13.8. The first-order valence-corrected chi connectivity index (χ1v) is 13.1. The van der Waals surface area contributed by atoms with E-state index < -0.39 is 35.5 Å². The zero-order valence-corrected chi connectivity index (χ0v) is 22.6. The van der Waals surface area contributed by atoms with Crippen LogP contribution >= 0.6 is 0 Å². The number of hydrogen-bond acceptors (Lipinski definition) is 5. The number of halogens is 3. The summed E-state index contributed by atoms with van der Waals surface area (Å²) in [6.45, 7) is 7.60. The third-order valence-corrected chi connectivity index (χ3v) is 7.37. The molecule has 3 amide bonds. The van der Waals surface area contributed by atoms with Crippen LogP contribution in [-0.4, -0.2) is 78.9 Å². The van der Waals surface area contributed by atoms with Crippen molar-refractivity contribution in [2.75, 3.05) is 19.6 Å². The van der Waals surface area contributed by atoms with Gasteiger partial charge in [0.05, 0.1) is 18.3 Å². The minimum Gasteiger partial charge on any atom is -0.465 e. The van der Waals surface area contributed by atoms with Crippen molar-refractivity contribution in [3.63, 3.8) is 0 Å². The summed E-state index contributed by atoms with van der Waals surface area (Å²) in [5, 5.41) is 10.1. The predicted molar refractivity (Wildman–Crippen MR) is 136 cm³/mol. The number of fused-ring (bicyclic) bond motifs is 1. The molecule has 1 aromatic rings. The van der Waals surface area contributed by atoms with E-state index in [-0.39, 0.29) is 61.4 Å². The van der Waals surface area contributed by atoms with Crippen molar-refractivity contribution < 1.29 is 32.7 Å². The number of alkyl halides is 3. The lowest BCUT2D eigenvalue weighted by molar-refractivity contribution is -0.142. The molecular weight excluding hydrogens is 515 g/mol. The Kier molecular flexibility index (Phi) is 7.77. The van der Waals surface area contributed by atoms with E-state index in [2.05, 4.69) is 9.97 Å². The third-order valence-electron chi connectivity index (χ3n) is 7.37. The number of carbonyl (C=O) groups is 3. The fourth-order valence-electron chi connectivity index (χ4n) is 5.44. The summed E-state index contributed by atoms with van der Waals surface area (Å²) in [6, 6.07) is -0.831. The van der Waals surface area contributed by atoms with Crippen LogP contribution in [0.3, 0.4) is 0 Å². The molecule has 1 fully saturated rings. The van der Waals surface area contributed by atoms with E-state index in [0.717, 1.165) is 6.42 Å². The third kappa shape index (κ3) is 6.25. The quantitative estimate of drug-likeness (QED) is 0.572. The smallest absolute Gasteiger partial charge is 0.433 e. The van der Waals surface area contributed by atoms with Crippen LogP contribution in [0.15, 0.2) is 18.2 Å². The number of piperidine rings is 1. The van der Waals surface area contributed by atoms with Gasteiger partial charge in [-0.05, 0) is 39.5 Å². The van der Waals surface area contributed by atoms with Crippen molar-refractivity contribution >= 4 is 23.5 Å². The average molecular weight is 550 g/mol. The highest BCUT2D eigenvalue weighted by molar-refractivity contribution is 5.80. The average Bonchev–Trinajstić information content (AvgIpc) is 2.77. The van der Waals surface area contributed by atoms with E-state index in [4.69, 9.17) is 0 Å². The van der Waals surface area contributed by atoms with Gasteiger partial charge in [0.25, 0.3) is 0 Å². The summed E-state index contributed by atoms with van der Waals surface area (Å²) in [6.07, 6.45) is -0.127. The second kappa shape index (κ2) is 10.6. The molecule has 3 heterocycles. The zero-order chi connectivity index (χ0) is 28.7. The molecule has 2 aliphatic heterocycles. The molecule has 4 rings (SSSR count). The van der Waals surface area contributed by atoms with E-state index in [1.165, 1.54) is 9.80 Å². The fraction of sp³-hybridized carbons (Fsp3) is 0.593. The minimum atomic E-state index is -4.67. The molecule has 3 aliphatic rings. The Morgan fingerprint density at radius 3 is 2.46 bits per heavy atom. The van der Waals surface area contributed by atoms with Crippen molar-refractivity contribution in [1.29, 1.82) is 0 Å². The molecular formula is C27H34F3N5O4. The molecule has 1 saturated heterocycles. The van der Waals surface area contributed by atoms with Crippen LogP contribution in [-0.2, 0) is 28.7 Å². The summed E-state index contributed by atoms with van der Waals surface area (Å²) in [5.74, 6) is -0.281. The van der Waals surface area contributed by atoms with E-state index in [1.807, 2.05) is 6.92 Å². The number of allylic oxidation sites excluding steroid dienone is 4. The molecule has 0 unspecified atom stereocenters. The second-order valence-corrected chi connectivity index (χ2v) is 11.5. The molecule has 0 radical (unpaired) electrons. The molecule has 9 nitrogen and oxygen atoms in total. The molecule has 0 bridgehead atoms. The van der Waals surface area contributed by atoms with Crippen LogP contribution in [0.25, 0.3) is 5.57 Å².